The van der Waals surface area contributed by atoms with Crippen LogP contribution in [0.25, 0.3) is 0 Å². The number of aromatic nitrogens is 1. The minimum Gasteiger partial charge on any atom is -0.442 e. The Morgan fingerprint density at radius 1 is 0.943 bits per heavy atom. The molecule has 5 amide bonds. The van der Waals surface area contributed by atoms with Crippen LogP contribution in [0.1, 0.15) is 74.6 Å². The highest BCUT2D eigenvalue weighted by atomic mass is 32.1. The molecule has 53 heavy (non-hydrogen) atoms. The van der Waals surface area contributed by atoms with Crippen LogP contribution in [-0.2, 0) is 46.4 Å². The average Bonchev–Trinajstić information content (AvgIpc) is 3.69. The summed E-state index contributed by atoms with van der Waals surface area (Å²) in [6, 6.07) is 6.29. The molecule has 0 aliphatic carbocycles. The number of amides is 5. The summed E-state index contributed by atoms with van der Waals surface area (Å²) in [5.41, 5.74) is -0.149. The number of rotatable bonds is 22. The molecule has 2 heterocycles. The van der Waals surface area contributed by atoms with Crippen molar-refractivity contribution in [3.8, 4) is 0 Å². The van der Waals surface area contributed by atoms with Crippen molar-refractivity contribution in [2.24, 2.45) is 11.8 Å². The van der Waals surface area contributed by atoms with Crippen molar-refractivity contribution in [2.45, 2.75) is 91.1 Å². The maximum atomic E-state index is 13.8. The molecule has 1 aliphatic heterocycles. The van der Waals surface area contributed by atoms with Gasteiger partial charge in [-0.3, -0.25) is 24.0 Å². The number of carbonyl (C=O) groups excluding carboxylic acids is 6. The van der Waals surface area contributed by atoms with Gasteiger partial charge in [-0.15, -0.1) is 11.3 Å². The van der Waals surface area contributed by atoms with Crippen molar-refractivity contribution in [2.75, 3.05) is 40.0 Å². The summed E-state index contributed by atoms with van der Waals surface area (Å²) in [6.07, 6.45) is 1.60. The van der Waals surface area contributed by atoms with E-state index in [4.69, 9.17) is 14.2 Å². The van der Waals surface area contributed by atoms with Gasteiger partial charge >= 0.3 is 6.09 Å². The second-order valence-corrected chi connectivity index (χ2v) is 15.1. The Morgan fingerprint density at radius 3 is 2.17 bits per heavy atom. The lowest BCUT2D eigenvalue weighted by Crippen LogP contribution is -2.58. The van der Waals surface area contributed by atoms with Crippen LogP contribution in [0.5, 0.6) is 0 Å². The van der Waals surface area contributed by atoms with Gasteiger partial charge in [-0.05, 0) is 44.1 Å². The van der Waals surface area contributed by atoms with Crippen LogP contribution in [0.4, 0.5) is 4.79 Å². The van der Waals surface area contributed by atoms with Crippen LogP contribution in [0.2, 0.25) is 0 Å². The number of hydrogen-bond donors (Lipinski definition) is 4. The molecule has 0 bridgehead atoms. The fraction of sp³-hybridized carbons (Fsp3) is 0.595. The van der Waals surface area contributed by atoms with Gasteiger partial charge < -0.3 is 40.4 Å². The topological polar surface area (TPSA) is 198 Å². The Labute approximate surface area is 315 Å². The van der Waals surface area contributed by atoms with Crippen LogP contribution in [0.3, 0.4) is 0 Å². The first-order valence-corrected chi connectivity index (χ1v) is 18.7. The van der Waals surface area contributed by atoms with E-state index in [2.05, 4.69) is 26.3 Å². The SMILES string of the molecule is CCN(CCOC)C(=O)OCc1ncc(C(=O)NCC(=O)NC(CC(C)C)C(=O)NC(Cc2ccccc2)C(=O)NC(CC(C)C)C(=O)C2(C)CO2)s1. The maximum Gasteiger partial charge on any atom is 0.410 e. The zero-order valence-corrected chi connectivity index (χ0v) is 32.5. The summed E-state index contributed by atoms with van der Waals surface area (Å²) in [5, 5.41) is 11.3. The number of ketones is 1. The number of hydrogen-bond acceptors (Lipinski definition) is 11. The van der Waals surface area contributed by atoms with Gasteiger partial charge in [-0.1, -0.05) is 58.0 Å². The Morgan fingerprint density at radius 2 is 1.57 bits per heavy atom. The third-order valence-corrected chi connectivity index (χ3v) is 9.39. The molecule has 4 atom stereocenters. The van der Waals surface area contributed by atoms with E-state index < -0.39 is 60.0 Å². The number of nitrogens with one attached hydrogen (secondary N) is 4. The van der Waals surface area contributed by atoms with Gasteiger partial charge in [0.25, 0.3) is 5.91 Å². The van der Waals surface area contributed by atoms with E-state index in [9.17, 15) is 28.8 Å². The van der Waals surface area contributed by atoms with Gasteiger partial charge in [-0.25, -0.2) is 9.78 Å². The monoisotopic (exact) mass is 758 g/mol. The molecule has 292 valence electrons. The largest absolute Gasteiger partial charge is 0.442 e. The van der Waals surface area contributed by atoms with Crippen molar-refractivity contribution < 1.29 is 43.0 Å². The molecule has 1 aromatic heterocycles. The number of benzene rings is 1. The molecule has 15 nitrogen and oxygen atoms in total. The molecule has 4 N–H and O–H groups in total. The number of likely N-dealkylation sites (N-methyl/N-ethyl adjacent to an activating group) is 1. The van der Waals surface area contributed by atoms with E-state index >= 15 is 0 Å². The van der Waals surface area contributed by atoms with Gasteiger partial charge in [0, 0.05) is 26.6 Å². The fourth-order valence-electron chi connectivity index (χ4n) is 5.40. The average molecular weight is 759 g/mol. The molecule has 3 rings (SSSR count). The normalized spacial score (nSPS) is 16.6. The highest BCUT2D eigenvalue weighted by molar-refractivity contribution is 7.13. The summed E-state index contributed by atoms with van der Waals surface area (Å²) in [4.78, 5) is 84.8. The number of Topliss-reactive ketones (excluding diaryl/α,β-unsaturated/α-hetero) is 1. The summed E-state index contributed by atoms with van der Waals surface area (Å²) >= 11 is 1.02. The first-order chi connectivity index (χ1) is 25.1. The second kappa shape index (κ2) is 20.7. The molecular formula is C37H54N6O9S. The highest BCUT2D eigenvalue weighted by Crippen LogP contribution is 2.29. The summed E-state index contributed by atoms with van der Waals surface area (Å²) in [7, 11) is 1.54. The van der Waals surface area contributed by atoms with Crippen LogP contribution >= 0.6 is 11.3 Å². The lowest BCUT2D eigenvalue weighted by molar-refractivity contribution is -0.134. The van der Waals surface area contributed by atoms with E-state index in [1.165, 1.54) is 11.1 Å². The minimum absolute atomic E-state index is 0.0107. The molecule has 1 fully saturated rings. The molecule has 2 aromatic rings. The third-order valence-electron chi connectivity index (χ3n) is 8.42. The van der Waals surface area contributed by atoms with Gasteiger partial charge in [0.2, 0.25) is 17.7 Å². The molecule has 4 unspecified atom stereocenters. The van der Waals surface area contributed by atoms with Crippen molar-refractivity contribution in [1.29, 1.82) is 0 Å². The van der Waals surface area contributed by atoms with Gasteiger partial charge in [0.1, 0.15) is 34.2 Å². The summed E-state index contributed by atoms with van der Waals surface area (Å²) in [6.45, 7) is 12.1. The van der Waals surface area contributed by atoms with E-state index in [1.807, 2.05) is 65.0 Å². The Bertz CT molecular complexity index is 1550. The smallest absolute Gasteiger partial charge is 0.410 e. The van der Waals surface area contributed by atoms with Gasteiger partial charge in [0.15, 0.2) is 5.78 Å². The predicted octanol–water partition coefficient (Wildman–Crippen LogP) is 2.63. The lowest BCUT2D eigenvalue weighted by atomic mass is 9.93. The van der Waals surface area contributed by atoms with Crippen molar-refractivity contribution in [3.63, 3.8) is 0 Å². The van der Waals surface area contributed by atoms with Crippen LogP contribution in [-0.4, -0.2) is 109 Å². The Kier molecular flexibility index (Phi) is 16.8. The number of ether oxygens (including phenoxy) is 3. The van der Waals surface area contributed by atoms with E-state index in [-0.39, 0.29) is 48.6 Å². The number of thiazole rings is 1. The molecule has 0 saturated carbocycles. The van der Waals surface area contributed by atoms with Crippen molar-refractivity contribution in [1.82, 2.24) is 31.2 Å². The molecule has 1 aromatic carbocycles. The second-order valence-electron chi connectivity index (χ2n) is 14.0. The molecule has 16 heteroatoms. The first kappa shape index (κ1) is 43.0. The van der Waals surface area contributed by atoms with Crippen LogP contribution in [0, 0.1) is 11.8 Å². The van der Waals surface area contributed by atoms with Crippen LogP contribution < -0.4 is 21.3 Å². The Hall–Kier alpha value is -4.41. The number of methoxy groups -OCH3 is 1. The lowest BCUT2D eigenvalue weighted by Gasteiger charge is -2.27. The zero-order chi connectivity index (χ0) is 39.1. The number of nitrogens with zero attached hydrogens (tertiary/aromatic N) is 2. The molecular weight excluding hydrogens is 705 g/mol. The number of carbonyl (C=O) groups is 6. The molecule has 1 saturated heterocycles. The zero-order valence-electron chi connectivity index (χ0n) is 31.7. The minimum atomic E-state index is -1.05. The quantitative estimate of drug-likeness (QED) is 0.130. The van der Waals surface area contributed by atoms with E-state index in [0.29, 0.717) is 31.1 Å². The van der Waals surface area contributed by atoms with Gasteiger partial charge in [0.05, 0.1) is 32.0 Å². The van der Waals surface area contributed by atoms with Crippen molar-refractivity contribution >= 4 is 46.8 Å². The van der Waals surface area contributed by atoms with Crippen LogP contribution in [0.15, 0.2) is 36.5 Å². The highest BCUT2D eigenvalue weighted by Gasteiger charge is 2.50. The molecule has 0 spiro atoms. The third kappa shape index (κ3) is 14.2. The summed E-state index contributed by atoms with van der Waals surface area (Å²) in [5.74, 6) is -2.41. The Balaban J connectivity index is 1.63. The summed E-state index contributed by atoms with van der Waals surface area (Å²) < 4.78 is 15.7. The maximum absolute atomic E-state index is 13.8. The number of epoxide rings is 1. The standard InChI is InChI=1S/C37H54N6O9S/c1-8-43(14-15-50-7)36(49)51-21-31-38-19-29(53-31)35(48)39-20-30(44)40-27(17-24(4)5)33(46)42-28(18-25-12-10-9-11-13-25)34(47)41-26(16-23(2)3)32(45)37(6)22-52-37/h9-13,19,23-24,26-28H,8,14-18,20-22H2,1-7H3,(H,39,48)(H,40,44)(H,41,47)(H,42,46). The molecule has 1 aliphatic rings. The van der Waals surface area contributed by atoms with E-state index in [1.54, 1.807) is 14.0 Å². The van der Waals surface area contributed by atoms with Crippen molar-refractivity contribution in [3.05, 3.63) is 52.0 Å². The van der Waals surface area contributed by atoms with Gasteiger partial charge in [-0.2, -0.15) is 0 Å². The fourth-order valence-corrected chi connectivity index (χ4v) is 6.15. The predicted molar refractivity (Wildman–Crippen MR) is 198 cm³/mol. The molecule has 0 radical (unpaired) electrons. The van der Waals surface area contributed by atoms with E-state index in [0.717, 1.165) is 16.9 Å². The first-order valence-electron chi connectivity index (χ1n) is 17.9.